The fraction of sp³-hybridized carbons (Fsp3) is 0.667. The van der Waals surface area contributed by atoms with E-state index in [0.717, 1.165) is 37.5 Å². The van der Waals surface area contributed by atoms with Crippen LogP contribution in [0.25, 0.3) is 0 Å². The molecule has 20 heavy (non-hydrogen) atoms. The molecule has 1 aliphatic heterocycles. The van der Waals surface area contributed by atoms with Gasteiger partial charge >= 0.3 is 0 Å². The first kappa shape index (κ1) is 15.3. The van der Waals surface area contributed by atoms with Gasteiger partial charge in [-0.2, -0.15) is 16.7 Å². The van der Waals surface area contributed by atoms with Crippen molar-refractivity contribution in [3.05, 3.63) is 12.1 Å². The molecule has 4 nitrogen and oxygen atoms in total. The Morgan fingerprint density at radius 3 is 2.95 bits per heavy atom. The topological polar surface area (TPSA) is 51.4 Å². The molecule has 1 aromatic rings. The van der Waals surface area contributed by atoms with Gasteiger partial charge in [0.25, 0.3) is 0 Å². The summed E-state index contributed by atoms with van der Waals surface area (Å²) < 4.78 is 5.97. The zero-order valence-corrected chi connectivity index (χ0v) is 13.5. The first-order valence-corrected chi connectivity index (χ1v) is 8.28. The summed E-state index contributed by atoms with van der Waals surface area (Å²) in [4.78, 5) is 6.93. The van der Waals surface area contributed by atoms with Crippen LogP contribution in [0.2, 0.25) is 0 Å². The minimum Gasteiger partial charge on any atom is -0.476 e. The van der Waals surface area contributed by atoms with Crippen LogP contribution in [0.1, 0.15) is 33.6 Å². The molecule has 5 heteroatoms. The molecule has 1 saturated heterocycles. The highest BCUT2D eigenvalue weighted by atomic mass is 32.2. The van der Waals surface area contributed by atoms with Gasteiger partial charge in [-0.3, -0.25) is 0 Å². The van der Waals surface area contributed by atoms with E-state index in [9.17, 15) is 0 Å². The fourth-order valence-electron chi connectivity index (χ4n) is 2.18. The van der Waals surface area contributed by atoms with Crippen molar-refractivity contribution in [2.45, 2.75) is 38.4 Å². The quantitative estimate of drug-likeness (QED) is 0.924. The minimum atomic E-state index is 0.351. The summed E-state index contributed by atoms with van der Waals surface area (Å²) in [5.74, 6) is 2.67. The summed E-state index contributed by atoms with van der Waals surface area (Å²) in [6.07, 6.45) is 2.12. The lowest BCUT2D eigenvalue weighted by molar-refractivity contribution is 0.307. The number of hydrogen-bond acceptors (Lipinski definition) is 5. The lowest BCUT2D eigenvalue weighted by atomic mass is 10.1. The standard InChI is InChI=1S/C15H25N3OS/c1-4-10-19-14-12(16)5-6-13(17-14)18-8-7-15(2,3)20-11-9-18/h5-6H,4,7-11,16H2,1-3H3. The predicted octanol–water partition coefficient (Wildman–Crippen LogP) is 3.17. The van der Waals surface area contributed by atoms with Gasteiger partial charge in [-0.25, -0.2) is 0 Å². The average Bonchev–Trinajstić information content (AvgIpc) is 2.59. The second kappa shape index (κ2) is 6.57. The molecule has 0 radical (unpaired) electrons. The molecule has 1 aliphatic rings. The Morgan fingerprint density at radius 1 is 1.40 bits per heavy atom. The number of thioether (sulfide) groups is 1. The highest BCUT2D eigenvalue weighted by Gasteiger charge is 2.24. The molecule has 0 aliphatic carbocycles. The second-order valence-corrected chi connectivity index (χ2v) is 7.56. The van der Waals surface area contributed by atoms with E-state index >= 15 is 0 Å². The highest BCUT2D eigenvalue weighted by molar-refractivity contribution is 8.00. The van der Waals surface area contributed by atoms with E-state index in [2.05, 4.69) is 30.7 Å². The van der Waals surface area contributed by atoms with Gasteiger partial charge in [0.1, 0.15) is 5.82 Å². The second-order valence-electron chi connectivity index (χ2n) is 5.76. The van der Waals surface area contributed by atoms with Crippen molar-refractivity contribution in [3.8, 4) is 5.88 Å². The summed E-state index contributed by atoms with van der Waals surface area (Å²) in [6, 6.07) is 3.90. The van der Waals surface area contributed by atoms with Crippen LogP contribution >= 0.6 is 11.8 Å². The monoisotopic (exact) mass is 295 g/mol. The Morgan fingerprint density at radius 2 is 2.20 bits per heavy atom. The molecule has 0 atom stereocenters. The van der Waals surface area contributed by atoms with Crippen molar-refractivity contribution >= 4 is 23.3 Å². The van der Waals surface area contributed by atoms with Crippen LogP contribution < -0.4 is 15.4 Å². The van der Waals surface area contributed by atoms with Crippen molar-refractivity contribution in [3.63, 3.8) is 0 Å². The van der Waals surface area contributed by atoms with Gasteiger partial charge in [-0.05, 0) is 25.0 Å². The van der Waals surface area contributed by atoms with Crippen LogP contribution in [0.3, 0.4) is 0 Å². The van der Waals surface area contributed by atoms with Crippen molar-refractivity contribution in [1.82, 2.24) is 4.98 Å². The van der Waals surface area contributed by atoms with Crippen molar-refractivity contribution in [2.75, 3.05) is 36.1 Å². The molecule has 112 valence electrons. The number of hydrogen-bond donors (Lipinski definition) is 1. The van der Waals surface area contributed by atoms with Crippen molar-refractivity contribution < 1.29 is 4.74 Å². The van der Waals surface area contributed by atoms with Crippen LogP contribution in [0.4, 0.5) is 11.5 Å². The third kappa shape index (κ3) is 3.95. The molecule has 2 heterocycles. The maximum Gasteiger partial charge on any atom is 0.239 e. The van der Waals surface area contributed by atoms with Crippen LogP contribution in [-0.2, 0) is 0 Å². The van der Waals surface area contributed by atoms with Crippen LogP contribution in [0.15, 0.2) is 12.1 Å². The Hall–Kier alpha value is -1.10. The van der Waals surface area contributed by atoms with Gasteiger partial charge in [0.2, 0.25) is 5.88 Å². The molecule has 0 amide bonds. The van der Waals surface area contributed by atoms with Crippen molar-refractivity contribution in [1.29, 1.82) is 0 Å². The number of nitrogens with two attached hydrogens (primary N) is 1. The Labute approximate surface area is 126 Å². The summed E-state index contributed by atoms with van der Waals surface area (Å²) in [5.41, 5.74) is 6.54. The maximum atomic E-state index is 5.92. The molecular weight excluding hydrogens is 270 g/mol. The van der Waals surface area contributed by atoms with Crippen LogP contribution in [0, 0.1) is 0 Å². The van der Waals surface area contributed by atoms with Gasteiger partial charge in [0.15, 0.2) is 0 Å². The lowest BCUT2D eigenvalue weighted by Crippen LogP contribution is -2.27. The van der Waals surface area contributed by atoms with Gasteiger partial charge in [-0.15, -0.1) is 0 Å². The summed E-state index contributed by atoms with van der Waals surface area (Å²) >= 11 is 2.04. The smallest absolute Gasteiger partial charge is 0.239 e. The van der Waals surface area contributed by atoms with Crippen molar-refractivity contribution in [2.24, 2.45) is 0 Å². The third-order valence-corrected chi connectivity index (χ3v) is 4.85. The number of aromatic nitrogens is 1. The molecule has 1 fully saturated rings. The molecule has 2 N–H and O–H groups in total. The predicted molar refractivity (Wildman–Crippen MR) is 87.8 cm³/mol. The molecule has 0 spiro atoms. The molecule has 0 unspecified atom stereocenters. The third-order valence-electron chi connectivity index (χ3n) is 3.48. The molecule has 0 saturated carbocycles. The lowest BCUT2D eigenvalue weighted by Gasteiger charge is -2.24. The number of nitrogens with zero attached hydrogens (tertiary/aromatic N) is 2. The molecule has 0 aromatic carbocycles. The van der Waals surface area contributed by atoms with Gasteiger partial charge < -0.3 is 15.4 Å². The van der Waals surface area contributed by atoms with E-state index in [1.165, 1.54) is 0 Å². The SMILES string of the molecule is CCCOc1nc(N2CCSC(C)(C)CC2)ccc1N. The first-order chi connectivity index (χ1) is 9.52. The van der Waals surface area contributed by atoms with E-state index in [1.54, 1.807) is 0 Å². The highest BCUT2D eigenvalue weighted by Crippen LogP contribution is 2.32. The minimum absolute atomic E-state index is 0.351. The number of rotatable bonds is 4. The molecular formula is C15H25N3OS. The molecule has 1 aromatic heterocycles. The average molecular weight is 295 g/mol. The summed E-state index contributed by atoms with van der Waals surface area (Å²) in [7, 11) is 0. The van der Waals surface area contributed by atoms with Gasteiger partial charge in [-0.1, -0.05) is 20.8 Å². The van der Waals surface area contributed by atoms with E-state index in [-0.39, 0.29) is 0 Å². The van der Waals surface area contributed by atoms with Crippen LogP contribution in [0.5, 0.6) is 5.88 Å². The van der Waals surface area contributed by atoms with E-state index in [4.69, 9.17) is 10.5 Å². The number of ether oxygens (including phenoxy) is 1. The molecule has 0 bridgehead atoms. The fourth-order valence-corrected chi connectivity index (χ4v) is 3.28. The largest absolute Gasteiger partial charge is 0.476 e. The normalized spacial score (nSPS) is 18.6. The number of nitrogen functional groups attached to an aromatic ring is 1. The van der Waals surface area contributed by atoms with E-state index in [0.29, 0.717) is 22.9 Å². The van der Waals surface area contributed by atoms with Gasteiger partial charge in [0.05, 0.1) is 12.3 Å². The number of anilines is 2. The van der Waals surface area contributed by atoms with E-state index in [1.807, 2.05) is 23.9 Å². The zero-order chi connectivity index (χ0) is 14.6. The first-order valence-electron chi connectivity index (χ1n) is 7.30. The van der Waals surface area contributed by atoms with Crippen LogP contribution in [-0.4, -0.2) is 35.2 Å². The van der Waals surface area contributed by atoms with E-state index < -0.39 is 0 Å². The summed E-state index contributed by atoms with van der Waals surface area (Å²) in [6.45, 7) is 9.42. The Kier molecular flexibility index (Phi) is 5.02. The number of pyridine rings is 1. The Balaban J connectivity index is 2.11. The maximum absolute atomic E-state index is 5.92. The Bertz CT molecular complexity index is 451. The summed E-state index contributed by atoms with van der Waals surface area (Å²) in [5, 5.41) is 0. The van der Waals surface area contributed by atoms with Gasteiger partial charge in [0, 0.05) is 23.6 Å². The zero-order valence-electron chi connectivity index (χ0n) is 12.7. The molecule has 2 rings (SSSR count).